The van der Waals surface area contributed by atoms with E-state index < -0.39 is 12.4 Å². The number of halogens is 3. The number of amidine groups is 1. The number of aryl methyl sites for hydroxylation is 2. The summed E-state index contributed by atoms with van der Waals surface area (Å²) in [6.45, 7) is 6.40. The number of hydrogen-bond donors (Lipinski definition) is 0. The lowest BCUT2D eigenvalue weighted by Gasteiger charge is -2.36. The number of amides is 2. The second kappa shape index (κ2) is 14.1. The Hall–Kier alpha value is -4.45. The Morgan fingerprint density at radius 3 is 2.58 bits per heavy atom. The fourth-order valence-electron chi connectivity index (χ4n) is 4.96. The summed E-state index contributed by atoms with van der Waals surface area (Å²) < 4.78 is 42.6. The zero-order valence-corrected chi connectivity index (χ0v) is 26.0. The van der Waals surface area contributed by atoms with Gasteiger partial charge in [0.05, 0.1) is 5.69 Å². The number of aromatic nitrogens is 3. The maximum atomic E-state index is 12.8. The van der Waals surface area contributed by atoms with Crippen LogP contribution in [0.15, 0.2) is 83.0 Å². The monoisotopic (exact) mass is 634 g/mol. The SMILES string of the molecule is CCCc1ccc(C)cc1N1C(=NC(=O)N=CCc2ccc(-c3ncn(-c4ccc(OC(F)(F)F)cc4)n3)cc2)SCCC1C. The Kier molecular flexibility index (Phi) is 10.0. The molecule has 2 heterocycles. The fourth-order valence-corrected chi connectivity index (χ4v) is 6.17. The Labute approximate surface area is 264 Å². The molecule has 234 valence electrons. The molecule has 1 atom stereocenters. The van der Waals surface area contributed by atoms with Crippen LogP contribution in [-0.2, 0) is 12.8 Å². The van der Waals surface area contributed by atoms with Crippen LogP contribution in [-0.4, -0.2) is 50.3 Å². The second-order valence-electron chi connectivity index (χ2n) is 10.7. The van der Waals surface area contributed by atoms with Crippen LogP contribution in [0.1, 0.15) is 43.4 Å². The summed E-state index contributed by atoms with van der Waals surface area (Å²) in [5.74, 6) is 1.04. The van der Waals surface area contributed by atoms with Crippen LogP contribution >= 0.6 is 11.8 Å². The minimum absolute atomic E-state index is 0.219. The number of ether oxygens (including phenoxy) is 1. The second-order valence-corrected chi connectivity index (χ2v) is 11.7. The molecule has 1 fully saturated rings. The highest BCUT2D eigenvalue weighted by Gasteiger charge is 2.31. The first-order chi connectivity index (χ1) is 21.6. The lowest BCUT2D eigenvalue weighted by molar-refractivity contribution is -0.274. The number of alkyl halides is 3. The molecule has 0 spiro atoms. The van der Waals surface area contributed by atoms with Gasteiger partial charge in [0.2, 0.25) is 0 Å². The van der Waals surface area contributed by atoms with Crippen molar-refractivity contribution in [2.24, 2.45) is 9.98 Å². The molecule has 12 heteroatoms. The van der Waals surface area contributed by atoms with Crippen LogP contribution in [0.4, 0.5) is 23.7 Å². The highest BCUT2D eigenvalue weighted by molar-refractivity contribution is 8.14. The number of nitrogens with zero attached hydrogens (tertiary/aromatic N) is 6. The Balaban J connectivity index is 1.22. The molecule has 8 nitrogen and oxygen atoms in total. The third kappa shape index (κ3) is 8.39. The van der Waals surface area contributed by atoms with Gasteiger partial charge in [0.25, 0.3) is 0 Å². The maximum Gasteiger partial charge on any atom is 0.573 e. The lowest BCUT2D eigenvalue weighted by Crippen LogP contribution is -2.42. The average molecular weight is 635 g/mol. The van der Waals surface area contributed by atoms with Crippen LogP contribution in [0, 0.1) is 6.92 Å². The predicted molar refractivity (Wildman–Crippen MR) is 173 cm³/mol. The summed E-state index contributed by atoms with van der Waals surface area (Å²) >= 11 is 1.58. The van der Waals surface area contributed by atoms with Gasteiger partial charge in [0.15, 0.2) is 11.0 Å². The van der Waals surface area contributed by atoms with Gasteiger partial charge in [-0.2, -0.15) is 4.99 Å². The molecule has 1 aliphatic rings. The molecule has 0 bridgehead atoms. The molecule has 1 aromatic heterocycles. The molecule has 1 unspecified atom stereocenters. The zero-order valence-electron chi connectivity index (χ0n) is 25.2. The Bertz CT molecular complexity index is 1680. The summed E-state index contributed by atoms with van der Waals surface area (Å²) in [5.41, 5.74) is 5.76. The van der Waals surface area contributed by atoms with Gasteiger partial charge in [0, 0.05) is 35.7 Å². The third-order valence-corrected chi connectivity index (χ3v) is 8.18. The Morgan fingerprint density at radius 2 is 1.87 bits per heavy atom. The lowest BCUT2D eigenvalue weighted by atomic mass is 10.0. The van der Waals surface area contributed by atoms with Gasteiger partial charge in [-0.25, -0.2) is 19.5 Å². The molecule has 45 heavy (non-hydrogen) atoms. The van der Waals surface area contributed by atoms with Crippen molar-refractivity contribution in [1.29, 1.82) is 0 Å². The minimum Gasteiger partial charge on any atom is -0.406 e. The van der Waals surface area contributed by atoms with E-state index in [2.05, 4.69) is 68.7 Å². The van der Waals surface area contributed by atoms with Crippen LogP contribution < -0.4 is 9.64 Å². The summed E-state index contributed by atoms with van der Waals surface area (Å²) in [6.07, 6.45) is 1.73. The van der Waals surface area contributed by atoms with Gasteiger partial charge in [-0.3, -0.25) is 0 Å². The van der Waals surface area contributed by atoms with Crippen molar-refractivity contribution >= 4 is 34.9 Å². The third-order valence-electron chi connectivity index (χ3n) is 7.19. The van der Waals surface area contributed by atoms with Crippen LogP contribution in [0.2, 0.25) is 0 Å². The smallest absolute Gasteiger partial charge is 0.406 e. The van der Waals surface area contributed by atoms with Gasteiger partial charge in [0.1, 0.15) is 12.1 Å². The van der Waals surface area contributed by atoms with E-state index >= 15 is 0 Å². The zero-order chi connectivity index (χ0) is 32.0. The fraction of sp³-hybridized carbons (Fsp3) is 0.303. The number of benzene rings is 3. The number of carbonyl (C=O) groups is 1. The van der Waals surface area contributed by atoms with E-state index in [9.17, 15) is 18.0 Å². The molecular formula is C33H33F3N6O2S. The number of thioether (sulfide) groups is 1. The number of hydrogen-bond acceptors (Lipinski definition) is 5. The molecular weight excluding hydrogens is 601 g/mol. The van der Waals surface area contributed by atoms with E-state index in [0.717, 1.165) is 41.8 Å². The predicted octanol–water partition coefficient (Wildman–Crippen LogP) is 8.22. The van der Waals surface area contributed by atoms with E-state index in [0.29, 0.717) is 23.1 Å². The highest BCUT2D eigenvalue weighted by Crippen LogP contribution is 2.33. The van der Waals surface area contributed by atoms with Gasteiger partial charge < -0.3 is 9.64 Å². The molecule has 0 N–H and O–H groups in total. The van der Waals surface area contributed by atoms with Gasteiger partial charge in [-0.05, 0) is 73.7 Å². The normalized spacial score (nSPS) is 16.4. The molecule has 0 radical (unpaired) electrons. The van der Waals surface area contributed by atoms with Gasteiger partial charge >= 0.3 is 12.4 Å². The van der Waals surface area contributed by atoms with Crippen molar-refractivity contribution in [3.8, 4) is 22.8 Å². The van der Waals surface area contributed by atoms with Crippen LogP contribution in [0.5, 0.6) is 5.75 Å². The van der Waals surface area contributed by atoms with E-state index in [1.165, 1.54) is 46.4 Å². The summed E-state index contributed by atoms with van der Waals surface area (Å²) in [6, 6.07) is 19.0. The van der Waals surface area contributed by atoms with E-state index in [-0.39, 0.29) is 11.8 Å². The van der Waals surface area contributed by atoms with Crippen LogP contribution in [0.3, 0.4) is 0 Å². The summed E-state index contributed by atoms with van der Waals surface area (Å²) in [5, 5.41) is 5.11. The molecule has 1 aliphatic heterocycles. The highest BCUT2D eigenvalue weighted by atomic mass is 32.2. The maximum absolute atomic E-state index is 12.8. The van der Waals surface area contributed by atoms with Crippen molar-refractivity contribution in [3.63, 3.8) is 0 Å². The minimum atomic E-state index is -4.75. The topological polar surface area (TPSA) is 85.0 Å². The molecule has 0 saturated carbocycles. The summed E-state index contributed by atoms with van der Waals surface area (Å²) in [4.78, 5) is 27.8. The number of aliphatic imine (C=N–C) groups is 2. The first-order valence-corrected chi connectivity index (χ1v) is 15.6. The van der Waals surface area contributed by atoms with Crippen molar-refractivity contribution in [3.05, 3.63) is 89.7 Å². The largest absolute Gasteiger partial charge is 0.573 e. The Morgan fingerprint density at radius 1 is 1.11 bits per heavy atom. The molecule has 0 aliphatic carbocycles. The van der Waals surface area contributed by atoms with Gasteiger partial charge in [-0.1, -0.05) is 61.5 Å². The molecule has 3 aromatic carbocycles. The molecule has 4 aromatic rings. The van der Waals surface area contributed by atoms with Crippen molar-refractivity contribution in [2.45, 2.75) is 58.9 Å². The van der Waals surface area contributed by atoms with Crippen LogP contribution in [0.25, 0.3) is 17.1 Å². The van der Waals surface area contributed by atoms with Crippen molar-refractivity contribution in [2.75, 3.05) is 10.7 Å². The summed E-state index contributed by atoms with van der Waals surface area (Å²) in [7, 11) is 0. The number of urea groups is 1. The average Bonchev–Trinajstić information content (AvgIpc) is 3.49. The molecule has 1 saturated heterocycles. The van der Waals surface area contributed by atoms with E-state index in [4.69, 9.17) is 0 Å². The van der Waals surface area contributed by atoms with E-state index in [1.807, 2.05) is 24.3 Å². The number of anilines is 1. The number of carbonyl (C=O) groups excluding carboxylic acids is 1. The first kappa shape index (κ1) is 32.0. The molecule has 5 rings (SSSR count). The van der Waals surface area contributed by atoms with Crippen molar-refractivity contribution < 1.29 is 22.7 Å². The number of rotatable bonds is 8. The van der Waals surface area contributed by atoms with Gasteiger partial charge in [-0.15, -0.1) is 18.3 Å². The first-order valence-electron chi connectivity index (χ1n) is 14.6. The quantitative estimate of drug-likeness (QED) is 0.182. The standard InChI is InChI=1S/C33H33F3N6O2S/c1-4-5-25-9-6-22(2)20-29(25)42-23(3)17-19-45-32(42)39-31(43)37-18-16-24-7-10-26(11-8-24)30-38-21-41(40-30)27-12-14-28(15-13-27)44-33(34,35)36/h6-15,18,20-21,23H,4-5,16-17,19H2,1-3H3. The molecule has 2 amide bonds. The van der Waals surface area contributed by atoms with E-state index in [1.54, 1.807) is 18.0 Å². The van der Waals surface area contributed by atoms with Crippen molar-refractivity contribution in [1.82, 2.24) is 14.8 Å².